The summed E-state index contributed by atoms with van der Waals surface area (Å²) in [7, 11) is 7.95. The molecule has 0 aromatic carbocycles. The van der Waals surface area contributed by atoms with E-state index in [9.17, 15) is 0 Å². The van der Waals surface area contributed by atoms with Gasteiger partial charge in [-0.05, 0) is 14.1 Å². The van der Waals surface area contributed by atoms with Crippen molar-refractivity contribution in [3.8, 4) is 0 Å². The van der Waals surface area contributed by atoms with E-state index >= 15 is 0 Å². The molecule has 1 heterocycles. The van der Waals surface area contributed by atoms with E-state index in [1.165, 1.54) is 0 Å². The van der Waals surface area contributed by atoms with Crippen LogP contribution in [0.1, 0.15) is 25.6 Å². The quantitative estimate of drug-likeness (QED) is 0.816. The third-order valence-electron chi connectivity index (χ3n) is 2.40. The number of hydrogen-bond donors (Lipinski definition) is 1. The fourth-order valence-electron chi connectivity index (χ4n) is 1.31. The van der Waals surface area contributed by atoms with Gasteiger partial charge >= 0.3 is 0 Å². The van der Waals surface area contributed by atoms with E-state index in [-0.39, 0.29) is 0 Å². The van der Waals surface area contributed by atoms with E-state index in [2.05, 4.69) is 39.0 Å². The van der Waals surface area contributed by atoms with E-state index in [0.717, 1.165) is 18.9 Å². The number of aromatic nitrogens is 3. The predicted octanol–water partition coefficient (Wildman–Crippen LogP) is 1.03. The van der Waals surface area contributed by atoms with Crippen LogP contribution in [0.5, 0.6) is 0 Å². The van der Waals surface area contributed by atoms with Gasteiger partial charge in [0.15, 0.2) is 0 Å². The lowest BCUT2D eigenvalue weighted by Crippen LogP contribution is -2.23. The maximum Gasteiger partial charge on any atom is 0.229 e. The SMILES string of the molecule is CC(C)c1nc(NCCN(C)C)nc(N(C)C)n1. The van der Waals surface area contributed by atoms with Crippen LogP contribution >= 0.6 is 0 Å². The summed E-state index contributed by atoms with van der Waals surface area (Å²) in [5.41, 5.74) is 0. The summed E-state index contributed by atoms with van der Waals surface area (Å²) in [6, 6.07) is 0. The molecule has 0 bridgehead atoms. The van der Waals surface area contributed by atoms with Crippen molar-refractivity contribution < 1.29 is 0 Å². The highest BCUT2D eigenvalue weighted by Crippen LogP contribution is 2.14. The van der Waals surface area contributed by atoms with Crippen LogP contribution in [0.2, 0.25) is 0 Å². The first-order valence-corrected chi connectivity index (χ1v) is 6.22. The number of likely N-dealkylation sites (N-methyl/N-ethyl adjacent to an activating group) is 1. The molecule has 1 aromatic heterocycles. The summed E-state index contributed by atoms with van der Waals surface area (Å²) in [6.07, 6.45) is 0. The summed E-state index contributed by atoms with van der Waals surface area (Å²) in [5.74, 6) is 2.46. The zero-order valence-corrected chi connectivity index (χ0v) is 12.2. The molecule has 0 amide bonds. The van der Waals surface area contributed by atoms with E-state index < -0.39 is 0 Å². The van der Waals surface area contributed by atoms with Gasteiger partial charge in [-0.15, -0.1) is 0 Å². The Bertz CT molecular complexity index is 349. The Labute approximate surface area is 109 Å². The molecule has 102 valence electrons. The molecule has 6 nitrogen and oxygen atoms in total. The lowest BCUT2D eigenvalue weighted by molar-refractivity contribution is 0.425. The largest absolute Gasteiger partial charge is 0.353 e. The van der Waals surface area contributed by atoms with Crippen molar-refractivity contribution in [2.75, 3.05) is 51.5 Å². The third kappa shape index (κ3) is 4.44. The van der Waals surface area contributed by atoms with E-state index in [4.69, 9.17) is 0 Å². The van der Waals surface area contributed by atoms with Crippen molar-refractivity contribution in [3.05, 3.63) is 5.82 Å². The minimum absolute atomic E-state index is 0.293. The minimum Gasteiger partial charge on any atom is -0.353 e. The zero-order chi connectivity index (χ0) is 13.7. The molecule has 18 heavy (non-hydrogen) atoms. The first-order chi connectivity index (χ1) is 8.40. The van der Waals surface area contributed by atoms with Crippen LogP contribution < -0.4 is 10.2 Å². The molecule has 0 radical (unpaired) electrons. The summed E-state index contributed by atoms with van der Waals surface area (Å²) >= 11 is 0. The van der Waals surface area contributed by atoms with Gasteiger partial charge in [-0.3, -0.25) is 0 Å². The maximum atomic E-state index is 4.43. The highest BCUT2D eigenvalue weighted by molar-refractivity contribution is 5.36. The van der Waals surface area contributed by atoms with Gasteiger partial charge < -0.3 is 15.1 Å². The number of hydrogen-bond acceptors (Lipinski definition) is 6. The third-order valence-corrected chi connectivity index (χ3v) is 2.40. The van der Waals surface area contributed by atoms with Crippen LogP contribution in [0, 0.1) is 0 Å². The number of nitrogens with zero attached hydrogens (tertiary/aromatic N) is 5. The molecule has 0 aliphatic heterocycles. The second-order valence-corrected chi connectivity index (χ2v) is 5.10. The van der Waals surface area contributed by atoms with Crippen LogP contribution in [-0.4, -0.2) is 61.1 Å². The van der Waals surface area contributed by atoms with Crippen molar-refractivity contribution in [2.24, 2.45) is 0 Å². The molecule has 0 saturated carbocycles. The highest BCUT2D eigenvalue weighted by Gasteiger charge is 2.10. The molecule has 0 fully saturated rings. The molecule has 0 unspecified atom stereocenters. The van der Waals surface area contributed by atoms with Crippen LogP contribution in [0.25, 0.3) is 0 Å². The van der Waals surface area contributed by atoms with E-state index in [0.29, 0.717) is 17.8 Å². The Kier molecular flexibility index (Phi) is 5.27. The Morgan fingerprint density at radius 1 is 1.06 bits per heavy atom. The summed E-state index contributed by atoms with van der Waals surface area (Å²) in [5, 5.41) is 3.24. The molecule has 0 spiro atoms. The van der Waals surface area contributed by atoms with Crippen LogP contribution in [0.15, 0.2) is 0 Å². The van der Waals surface area contributed by atoms with Gasteiger partial charge in [0.1, 0.15) is 5.82 Å². The average Bonchev–Trinajstić information content (AvgIpc) is 2.28. The van der Waals surface area contributed by atoms with Gasteiger partial charge in [-0.25, -0.2) is 0 Å². The van der Waals surface area contributed by atoms with Gasteiger partial charge in [-0.2, -0.15) is 15.0 Å². The van der Waals surface area contributed by atoms with Crippen molar-refractivity contribution in [3.63, 3.8) is 0 Å². The Morgan fingerprint density at radius 2 is 1.72 bits per heavy atom. The van der Waals surface area contributed by atoms with Crippen molar-refractivity contribution in [1.29, 1.82) is 0 Å². The fraction of sp³-hybridized carbons (Fsp3) is 0.750. The molecule has 1 aromatic rings. The highest BCUT2D eigenvalue weighted by atomic mass is 15.3. The fourth-order valence-corrected chi connectivity index (χ4v) is 1.31. The second-order valence-electron chi connectivity index (χ2n) is 5.10. The maximum absolute atomic E-state index is 4.43. The summed E-state index contributed by atoms with van der Waals surface area (Å²) in [6.45, 7) is 5.93. The lowest BCUT2D eigenvalue weighted by Gasteiger charge is -2.15. The first kappa shape index (κ1) is 14.6. The number of rotatable bonds is 6. The molecule has 0 saturated heterocycles. The lowest BCUT2D eigenvalue weighted by atomic mass is 10.2. The van der Waals surface area contributed by atoms with Gasteiger partial charge in [-0.1, -0.05) is 13.8 Å². The Hall–Kier alpha value is -1.43. The number of nitrogens with one attached hydrogen (secondary N) is 1. The van der Waals surface area contributed by atoms with Crippen molar-refractivity contribution >= 4 is 11.9 Å². The summed E-state index contributed by atoms with van der Waals surface area (Å²) in [4.78, 5) is 17.3. The van der Waals surface area contributed by atoms with Gasteiger partial charge in [0.2, 0.25) is 11.9 Å². The van der Waals surface area contributed by atoms with Crippen LogP contribution in [-0.2, 0) is 0 Å². The van der Waals surface area contributed by atoms with Crippen LogP contribution in [0.4, 0.5) is 11.9 Å². The van der Waals surface area contributed by atoms with Crippen molar-refractivity contribution in [2.45, 2.75) is 19.8 Å². The van der Waals surface area contributed by atoms with Gasteiger partial charge in [0, 0.05) is 33.1 Å². The zero-order valence-electron chi connectivity index (χ0n) is 12.2. The monoisotopic (exact) mass is 252 g/mol. The Morgan fingerprint density at radius 3 is 2.22 bits per heavy atom. The number of anilines is 2. The van der Waals surface area contributed by atoms with Crippen LogP contribution in [0.3, 0.4) is 0 Å². The molecule has 6 heteroatoms. The smallest absolute Gasteiger partial charge is 0.229 e. The molecule has 1 rings (SSSR count). The van der Waals surface area contributed by atoms with E-state index in [1.807, 2.05) is 33.1 Å². The molecule has 0 aliphatic rings. The second kappa shape index (κ2) is 6.49. The average molecular weight is 252 g/mol. The first-order valence-electron chi connectivity index (χ1n) is 6.22. The minimum atomic E-state index is 0.293. The normalized spacial score (nSPS) is 11.1. The standard InChI is InChI=1S/C12H24N6/c1-9(2)10-14-11(13-7-8-17(3)4)16-12(15-10)18(5)6/h9H,7-8H2,1-6H3,(H,13,14,15,16). The molecule has 0 atom stereocenters. The molecular weight excluding hydrogens is 228 g/mol. The predicted molar refractivity (Wildman–Crippen MR) is 75.3 cm³/mol. The van der Waals surface area contributed by atoms with Gasteiger partial charge in [0.25, 0.3) is 0 Å². The van der Waals surface area contributed by atoms with Gasteiger partial charge in [0.05, 0.1) is 0 Å². The molecular formula is C12H24N6. The molecule has 1 N–H and O–H groups in total. The van der Waals surface area contributed by atoms with E-state index in [1.54, 1.807) is 0 Å². The topological polar surface area (TPSA) is 57.2 Å². The summed E-state index contributed by atoms with van der Waals surface area (Å²) < 4.78 is 0. The molecule has 0 aliphatic carbocycles. The van der Waals surface area contributed by atoms with Crippen molar-refractivity contribution in [1.82, 2.24) is 19.9 Å². The Balaban J connectivity index is 2.83.